The minimum atomic E-state index is -0.727. The number of hydrogen-bond acceptors (Lipinski definition) is 2. The highest BCUT2D eigenvalue weighted by Gasteiger charge is 2.33. The third-order valence-corrected chi connectivity index (χ3v) is 2.97. The van der Waals surface area contributed by atoms with Crippen LogP contribution in [0.1, 0.15) is 12.0 Å². The molecular weight excluding hydrogens is 214 g/mol. The van der Waals surface area contributed by atoms with Gasteiger partial charge in [-0.15, -0.1) is 0 Å². The van der Waals surface area contributed by atoms with Crippen LogP contribution in [0.2, 0.25) is 5.02 Å². The molecular formula is C11H12ClNO2. The number of hydrogen-bond donors (Lipinski definition) is 1. The average Bonchev–Trinajstić information content (AvgIpc) is 2.14. The summed E-state index contributed by atoms with van der Waals surface area (Å²) in [6.07, 6.45) is 0.753. The first kappa shape index (κ1) is 10.5. The smallest absolute Gasteiger partial charge is 0.320 e. The van der Waals surface area contributed by atoms with Gasteiger partial charge in [-0.2, -0.15) is 0 Å². The maximum atomic E-state index is 10.8. The lowest BCUT2D eigenvalue weighted by Gasteiger charge is -2.37. The van der Waals surface area contributed by atoms with Crippen molar-refractivity contribution in [1.29, 1.82) is 0 Å². The van der Waals surface area contributed by atoms with E-state index in [9.17, 15) is 4.79 Å². The number of rotatable bonds is 3. The standard InChI is InChI=1S/C11H12ClNO2/c12-9-3-1-8(2-4-9)7-13-6-5-10(13)11(14)15/h1-4,10H,5-7H2,(H,14,15)/t10-/m0/s1. The highest BCUT2D eigenvalue weighted by molar-refractivity contribution is 6.30. The molecule has 1 aromatic rings. The van der Waals surface area contributed by atoms with Gasteiger partial charge in [-0.25, -0.2) is 0 Å². The second kappa shape index (κ2) is 4.21. The van der Waals surface area contributed by atoms with Gasteiger partial charge in [-0.1, -0.05) is 23.7 Å². The summed E-state index contributed by atoms with van der Waals surface area (Å²) in [7, 11) is 0. The van der Waals surface area contributed by atoms with E-state index in [2.05, 4.69) is 0 Å². The summed E-state index contributed by atoms with van der Waals surface area (Å²) in [4.78, 5) is 12.7. The number of benzene rings is 1. The van der Waals surface area contributed by atoms with Gasteiger partial charge in [0.05, 0.1) is 0 Å². The van der Waals surface area contributed by atoms with Crippen molar-refractivity contribution in [3.63, 3.8) is 0 Å². The number of carboxylic acids is 1. The van der Waals surface area contributed by atoms with Crippen LogP contribution in [0, 0.1) is 0 Å². The Bertz CT molecular complexity index is 363. The van der Waals surface area contributed by atoms with Crippen molar-refractivity contribution in [2.45, 2.75) is 19.0 Å². The van der Waals surface area contributed by atoms with Crippen LogP contribution in [-0.2, 0) is 11.3 Å². The van der Waals surface area contributed by atoms with Crippen molar-refractivity contribution in [3.05, 3.63) is 34.9 Å². The topological polar surface area (TPSA) is 40.5 Å². The molecule has 1 heterocycles. The van der Waals surface area contributed by atoms with E-state index in [0.717, 1.165) is 18.5 Å². The third kappa shape index (κ3) is 2.30. The van der Waals surface area contributed by atoms with Gasteiger partial charge in [-0.3, -0.25) is 9.69 Å². The van der Waals surface area contributed by atoms with E-state index in [1.807, 2.05) is 29.2 Å². The molecule has 15 heavy (non-hydrogen) atoms. The summed E-state index contributed by atoms with van der Waals surface area (Å²) in [5.41, 5.74) is 1.10. The number of likely N-dealkylation sites (tertiary alicyclic amines) is 1. The first-order valence-corrected chi connectivity index (χ1v) is 5.26. The molecule has 1 atom stereocenters. The minimum Gasteiger partial charge on any atom is -0.480 e. The Morgan fingerprint density at radius 2 is 2.13 bits per heavy atom. The van der Waals surface area contributed by atoms with Crippen molar-refractivity contribution in [2.75, 3.05) is 6.54 Å². The molecule has 1 N–H and O–H groups in total. The average molecular weight is 226 g/mol. The molecule has 1 saturated heterocycles. The largest absolute Gasteiger partial charge is 0.480 e. The molecule has 1 aliphatic heterocycles. The van der Waals surface area contributed by atoms with E-state index in [0.29, 0.717) is 11.6 Å². The molecule has 1 aromatic carbocycles. The molecule has 1 fully saturated rings. The molecule has 0 aliphatic carbocycles. The Kier molecular flexibility index (Phi) is 2.93. The van der Waals surface area contributed by atoms with Crippen LogP contribution in [0.4, 0.5) is 0 Å². The van der Waals surface area contributed by atoms with Gasteiger partial charge < -0.3 is 5.11 Å². The maximum absolute atomic E-state index is 10.8. The lowest BCUT2D eigenvalue weighted by molar-refractivity contribution is -0.148. The Hall–Kier alpha value is -1.06. The van der Waals surface area contributed by atoms with Gasteiger partial charge >= 0.3 is 5.97 Å². The van der Waals surface area contributed by atoms with Crippen molar-refractivity contribution in [2.24, 2.45) is 0 Å². The number of halogens is 1. The van der Waals surface area contributed by atoms with E-state index in [4.69, 9.17) is 16.7 Å². The quantitative estimate of drug-likeness (QED) is 0.856. The van der Waals surface area contributed by atoms with Gasteiger partial charge in [0, 0.05) is 18.1 Å². The summed E-state index contributed by atoms with van der Waals surface area (Å²) in [5, 5.41) is 9.57. The number of carbonyl (C=O) groups is 1. The fourth-order valence-corrected chi connectivity index (χ4v) is 1.86. The first-order valence-electron chi connectivity index (χ1n) is 4.88. The monoisotopic (exact) mass is 225 g/mol. The van der Waals surface area contributed by atoms with Gasteiger partial charge in [0.15, 0.2) is 0 Å². The molecule has 0 saturated carbocycles. The first-order chi connectivity index (χ1) is 7.16. The second-order valence-corrected chi connectivity index (χ2v) is 4.18. The van der Waals surface area contributed by atoms with Crippen LogP contribution in [-0.4, -0.2) is 28.6 Å². The lowest BCUT2D eigenvalue weighted by Crippen LogP contribution is -2.51. The molecule has 4 heteroatoms. The third-order valence-electron chi connectivity index (χ3n) is 2.71. The summed E-state index contributed by atoms with van der Waals surface area (Å²) in [5.74, 6) is -0.727. The highest BCUT2D eigenvalue weighted by Crippen LogP contribution is 2.21. The fraction of sp³-hybridized carbons (Fsp3) is 0.364. The van der Waals surface area contributed by atoms with Crippen LogP contribution in [0.5, 0.6) is 0 Å². The van der Waals surface area contributed by atoms with Crippen molar-refractivity contribution < 1.29 is 9.90 Å². The molecule has 0 bridgehead atoms. The van der Waals surface area contributed by atoms with E-state index in [1.165, 1.54) is 0 Å². The summed E-state index contributed by atoms with van der Waals surface area (Å²) in [6, 6.07) is 7.21. The minimum absolute atomic E-state index is 0.305. The summed E-state index contributed by atoms with van der Waals surface area (Å²) < 4.78 is 0. The van der Waals surface area contributed by atoms with Crippen LogP contribution in [0.15, 0.2) is 24.3 Å². The van der Waals surface area contributed by atoms with Gasteiger partial charge in [-0.05, 0) is 24.1 Å². The zero-order chi connectivity index (χ0) is 10.8. The fourth-order valence-electron chi connectivity index (χ4n) is 1.73. The maximum Gasteiger partial charge on any atom is 0.320 e. The van der Waals surface area contributed by atoms with Gasteiger partial charge in [0.1, 0.15) is 6.04 Å². The Morgan fingerprint density at radius 3 is 2.60 bits per heavy atom. The molecule has 80 valence electrons. The summed E-state index contributed by atoms with van der Waals surface area (Å²) >= 11 is 5.77. The molecule has 0 amide bonds. The predicted molar refractivity (Wildman–Crippen MR) is 57.9 cm³/mol. The molecule has 0 aromatic heterocycles. The van der Waals surface area contributed by atoms with E-state index >= 15 is 0 Å². The molecule has 2 rings (SSSR count). The van der Waals surface area contributed by atoms with Crippen molar-refractivity contribution >= 4 is 17.6 Å². The Morgan fingerprint density at radius 1 is 1.47 bits per heavy atom. The zero-order valence-electron chi connectivity index (χ0n) is 8.19. The van der Waals surface area contributed by atoms with Crippen LogP contribution < -0.4 is 0 Å². The number of aliphatic carboxylic acids is 1. The van der Waals surface area contributed by atoms with Gasteiger partial charge in [0.2, 0.25) is 0 Å². The van der Waals surface area contributed by atoms with Gasteiger partial charge in [0.25, 0.3) is 0 Å². The van der Waals surface area contributed by atoms with Crippen molar-refractivity contribution in [1.82, 2.24) is 4.90 Å². The van der Waals surface area contributed by atoms with Crippen LogP contribution in [0.3, 0.4) is 0 Å². The van der Waals surface area contributed by atoms with Crippen LogP contribution >= 0.6 is 11.6 Å². The molecule has 1 aliphatic rings. The molecule has 0 unspecified atom stereocenters. The SMILES string of the molecule is O=C(O)[C@@H]1CCN1Cc1ccc(Cl)cc1. The molecule has 3 nitrogen and oxygen atoms in total. The highest BCUT2D eigenvalue weighted by atomic mass is 35.5. The second-order valence-electron chi connectivity index (χ2n) is 3.74. The van der Waals surface area contributed by atoms with E-state index < -0.39 is 5.97 Å². The van der Waals surface area contributed by atoms with E-state index in [1.54, 1.807) is 0 Å². The number of nitrogens with zero attached hydrogens (tertiary/aromatic N) is 1. The normalized spacial score (nSPS) is 21.0. The molecule has 0 spiro atoms. The van der Waals surface area contributed by atoms with E-state index in [-0.39, 0.29) is 6.04 Å². The Labute approximate surface area is 93.3 Å². The van der Waals surface area contributed by atoms with Crippen LogP contribution in [0.25, 0.3) is 0 Å². The zero-order valence-corrected chi connectivity index (χ0v) is 8.94. The summed E-state index contributed by atoms with van der Waals surface area (Å²) in [6.45, 7) is 1.55. The Balaban J connectivity index is 1.97. The van der Waals surface area contributed by atoms with Crippen molar-refractivity contribution in [3.8, 4) is 0 Å². The predicted octanol–water partition coefficient (Wildman–Crippen LogP) is 2.00. The molecule has 0 radical (unpaired) electrons. The number of carboxylic acid groups (broad SMARTS) is 1. The lowest BCUT2D eigenvalue weighted by atomic mass is 10.0.